The summed E-state index contributed by atoms with van der Waals surface area (Å²) in [5.74, 6) is -0.861. The molecule has 3 nitrogen and oxygen atoms in total. The van der Waals surface area contributed by atoms with Gasteiger partial charge in [-0.05, 0) is 46.9 Å². The van der Waals surface area contributed by atoms with Gasteiger partial charge < -0.3 is 10.1 Å². The average Bonchev–Trinajstić information content (AvgIpc) is 3.03. The van der Waals surface area contributed by atoms with E-state index in [2.05, 4.69) is 5.32 Å². The minimum atomic E-state index is -0.552. The second-order valence-corrected chi connectivity index (χ2v) is 6.62. The Kier molecular flexibility index (Phi) is 5.00. The molecule has 0 aliphatic heterocycles. The number of nitrogens with one attached hydrogen (secondary N) is 1. The van der Waals surface area contributed by atoms with Crippen LogP contribution in [0.5, 0.6) is 5.75 Å². The smallest absolute Gasteiger partial charge is 0.147 e. The van der Waals surface area contributed by atoms with Gasteiger partial charge >= 0.3 is 0 Å². The molecule has 0 amide bonds. The number of nitriles is 1. The van der Waals surface area contributed by atoms with Gasteiger partial charge in [-0.2, -0.15) is 5.26 Å². The molecule has 2 aromatic rings. The van der Waals surface area contributed by atoms with Crippen LogP contribution in [0.1, 0.15) is 18.4 Å². The minimum Gasteiger partial charge on any atom is -0.488 e. The Labute approximate surface area is 152 Å². The normalized spacial score (nSPS) is 13.8. The number of nitrogens with zero attached hydrogens (tertiary/aromatic N) is 1. The Morgan fingerprint density at radius 3 is 2.54 bits per heavy atom. The lowest BCUT2D eigenvalue weighted by molar-refractivity contribution is 0.215. The van der Waals surface area contributed by atoms with Crippen molar-refractivity contribution < 1.29 is 13.5 Å². The highest BCUT2D eigenvalue weighted by atomic mass is 127. The second kappa shape index (κ2) is 7.18. The monoisotopic (exact) mass is 438 g/mol. The summed E-state index contributed by atoms with van der Waals surface area (Å²) >= 11 is 2.00. The lowest BCUT2D eigenvalue weighted by Gasteiger charge is -2.17. The number of hydrogen-bond acceptors (Lipinski definition) is 3. The van der Waals surface area contributed by atoms with Gasteiger partial charge in [0.05, 0.1) is 11.4 Å². The van der Waals surface area contributed by atoms with Gasteiger partial charge in [0, 0.05) is 22.5 Å². The lowest BCUT2D eigenvalue weighted by Crippen LogP contribution is -2.13. The van der Waals surface area contributed by atoms with Crippen molar-refractivity contribution in [2.75, 3.05) is 5.32 Å². The van der Waals surface area contributed by atoms with Crippen LogP contribution >= 0.6 is 22.6 Å². The minimum absolute atomic E-state index is 0.109. The van der Waals surface area contributed by atoms with E-state index in [1.807, 2.05) is 40.8 Å². The number of rotatable bonds is 4. The van der Waals surface area contributed by atoms with E-state index in [9.17, 15) is 14.0 Å². The molecule has 0 saturated heterocycles. The van der Waals surface area contributed by atoms with Crippen LogP contribution in [-0.2, 0) is 0 Å². The fourth-order valence-corrected chi connectivity index (χ4v) is 2.95. The summed E-state index contributed by atoms with van der Waals surface area (Å²) in [4.78, 5) is 0. The van der Waals surface area contributed by atoms with Crippen LogP contribution in [0, 0.1) is 26.5 Å². The van der Waals surface area contributed by atoms with E-state index in [0.29, 0.717) is 0 Å². The van der Waals surface area contributed by atoms with Crippen LogP contribution in [-0.4, -0.2) is 6.10 Å². The molecule has 0 radical (unpaired) electrons. The molecule has 0 aromatic heterocycles. The quantitative estimate of drug-likeness (QED) is 0.522. The molecule has 0 unspecified atom stereocenters. The molecule has 1 aliphatic rings. The van der Waals surface area contributed by atoms with Gasteiger partial charge in [-0.1, -0.05) is 12.2 Å². The molecular formula is C18H13F2IN2O. The first-order valence-corrected chi connectivity index (χ1v) is 8.42. The van der Waals surface area contributed by atoms with Crippen molar-refractivity contribution in [3.63, 3.8) is 0 Å². The Morgan fingerprint density at radius 1 is 1.12 bits per heavy atom. The first-order valence-electron chi connectivity index (χ1n) is 7.34. The van der Waals surface area contributed by atoms with Gasteiger partial charge in [0.25, 0.3) is 0 Å². The number of anilines is 2. The van der Waals surface area contributed by atoms with E-state index in [-0.39, 0.29) is 28.8 Å². The van der Waals surface area contributed by atoms with Gasteiger partial charge in [0.15, 0.2) is 0 Å². The van der Waals surface area contributed by atoms with Crippen LogP contribution in [0.2, 0.25) is 0 Å². The third-order valence-electron chi connectivity index (χ3n) is 3.64. The molecule has 122 valence electrons. The molecule has 3 rings (SSSR count). The first-order chi connectivity index (χ1) is 11.6. The summed E-state index contributed by atoms with van der Waals surface area (Å²) in [6, 6.07) is 8.99. The van der Waals surface area contributed by atoms with Crippen molar-refractivity contribution in [2.45, 2.75) is 18.9 Å². The number of hydrogen-bond donors (Lipinski definition) is 1. The highest BCUT2D eigenvalue weighted by Crippen LogP contribution is 2.33. The molecule has 1 N–H and O–H groups in total. The molecule has 0 heterocycles. The van der Waals surface area contributed by atoms with E-state index in [1.165, 1.54) is 12.1 Å². The average molecular weight is 438 g/mol. The van der Waals surface area contributed by atoms with E-state index >= 15 is 0 Å². The van der Waals surface area contributed by atoms with E-state index < -0.39 is 11.6 Å². The topological polar surface area (TPSA) is 45.0 Å². The Morgan fingerprint density at radius 2 is 1.88 bits per heavy atom. The fourth-order valence-electron chi connectivity index (χ4n) is 2.49. The zero-order chi connectivity index (χ0) is 17.1. The second-order valence-electron chi connectivity index (χ2n) is 5.37. The summed E-state index contributed by atoms with van der Waals surface area (Å²) in [6.45, 7) is 0. The van der Waals surface area contributed by atoms with Crippen LogP contribution < -0.4 is 10.1 Å². The van der Waals surface area contributed by atoms with Crippen molar-refractivity contribution in [1.29, 1.82) is 5.26 Å². The molecule has 6 heteroatoms. The molecule has 0 fully saturated rings. The zero-order valence-electron chi connectivity index (χ0n) is 12.5. The molecule has 0 bridgehead atoms. The van der Waals surface area contributed by atoms with Crippen molar-refractivity contribution in [3.05, 3.63) is 63.3 Å². The molecule has 2 aromatic carbocycles. The molecule has 0 saturated carbocycles. The van der Waals surface area contributed by atoms with Crippen molar-refractivity contribution in [1.82, 2.24) is 0 Å². The summed E-state index contributed by atoms with van der Waals surface area (Å²) in [7, 11) is 0. The highest BCUT2D eigenvalue weighted by molar-refractivity contribution is 14.1. The fraction of sp³-hybridized carbons (Fsp3) is 0.167. The zero-order valence-corrected chi connectivity index (χ0v) is 14.7. The molecule has 0 spiro atoms. The summed E-state index contributed by atoms with van der Waals surface area (Å²) in [5.41, 5.74) is 0.505. The Hall–Kier alpha value is -2.14. The van der Waals surface area contributed by atoms with Crippen LogP contribution in [0.15, 0.2) is 42.5 Å². The summed E-state index contributed by atoms with van der Waals surface area (Å²) in [6.07, 6.45) is 5.29. The molecule has 24 heavy (non-hydrogen) atoms. The van der Waals surface area contributed by atoms with Gasteiger partial charge in [-0.25, -0.2) is 8.78 Å². The van der Waals surface area contributed by atoms with Crippen molar-refractivity contribution >= 4 is 34.0 Å². The maximum absolute atomic E-state index is 14.0. The summed E-state index contributed by atoms with van der Waals surface area (Å²) in [5, 5.41) is 12.2. The third-order valence-corrected chi connectivity index (χ3v) is 4.31. The first kappa shape index (κ1) is 16.7. The Balaban J connectivity index is 1.94. The van der Waals surface area contributed by atoms with E-state index in [0.717, 1.165) is 22.5 Å². The van der Waals surface area contributed by atoms with Gasteiger partial charge in [0.2, 0.25) is 0 Å². The van der Waals surface area contributed by atoms with Gasteiger partial charge in [0.1, 0.15) is 35.1 Å². The Bertz CT molecular complexity index is 838. The SMILES string of the molecule is N#Cc1c(Nc2ccc(I)cc2F)cc(F)cc1OC1CC=CC1. The predicted octanol–water partition coefficient (Wildman–Crippen LogP) is 5.28. The van der Waals surface area contributed by atoms with Gasteiger partial charge in [-0.15, -0.1) is 0 Å². The maximum Gasteiger partial charge on any atom is 0.147 e. The van der Waals surface area contributed by atoms with E-state index in [1.54, 1.807) is 12.1 Å². The summed E-state index contributed by atoms with van der Waals surface area (Å²) < 4.78 is 34.5. The van der Waals surface area contributed by atoms with Crippen molar-refractivity contribution in [2.24, 2.45) is 0 Å². The van der Waals surface area contributed by atoms with Crippen LogP contribution in [0.3, 0.4) is 0 Å². The van der Waals surface area contributed by atoms with Crippen LogP contribution in [0.4, 0.5) is 20.2 Å². The van der Waals surface area contributed by atoms with E-state index in [4.69, 9.17) is 4.74 Å². The number of ether oxygens (including phenoxy) is 1. The lowest BCUT2D eigenvalue weighted by atomic mass is 10.1. The predicted molar refractivity (Wildman–Crippen MR) is 96.3 cm³/mol. The third kappa shape index (κ3) is 3.67. The molecule has 1 aliphatic carbocycles. The van der Waals surface area contributed by atoms with Gasteiger partial charge in [-0.3, -0.25) is 0 Å². The largest absolute Gasteiger partial charge is 0.488 e. The highest BCUT2D eigenvalue weighted by Gasteiger charge is 2.18. The number of halogens is 3. The molecular weight excluding hydrogens is 425 g/mol. The number of benzene rings is 2. The molecule has 0 atom stereocenters. The van der Waals surface area contributed by atoms with Crippen molar-refractivity contribution in [3.8, 4) is 11.8 Å². The standard InChI is InChI=1S/C18H13F2IN2O/c19-11-7-17(23-16-6-5-12(21)9-15(16)20)14(10-22)18(8-11)24-13-3-1-2-4-13/h1-2,5-9,13,23H,3-4H2. The maximum atomic E-state index is 14.0. The van der Waals surface area contributed by atoms with Crippen LogP contribution in [0.25, 0.3) is 0 Å².